The third kappa shape index (κ3) is 3.87. The maximum Gasteiger partial charge on any atom is 0.0249 e. The van der Waals surface area contributed by atoms with Gasteiger partial charge in [-0.3, -0.25) is 4.90 Å². The first kappa shape index (κ1) is 15.1. The van der Waals surface area contributed by atoms with Crippen molar-refractivity contribution >= 4 is 0 Å². The molecule has 1 N–H and O–H groups in total. The van der Waals surface area contributed by atoms with Crippen molar-refractivity contribution < 1.29 is 0 Å². The highest BCUT2D eigenvalue weighted by Gasteiger charge is 2.35. The standard InChI is InChI=1S/C19H30N2/c1-15-6-5-7-17(14-15)10-9-16(2)20-18-11-13-21-12-4-3-8-19(18)21/h5-7,14,16,18-20H,3-4,8-13H2,1-2H3. The number of hydrogen-bond acceptors (Lipinski definition) is 2. The smallest absolute Gasteiger partial charge is 0.0249 e. The van der Waals surface area contributed by atoms with Crippen LogP contribution in [0.15, 0.2) is 24.3 Å². The van der Waals surface area contributed by atoms with Crippen molar-refractivity contribution in [3.63, 3.8) is 0 Å². The Morgan fingerprint density at radius 2 is 2.14 bits per heavy atom. The molecular formula is C19H30N2. The molecule has 3 unspecified atom stereocenters. The molecule has 1 aromatic rings. The fraction of sp³-hybridized carbons (Fsp3) is 0.684. The van der Waals surface area contributed by atoms with E-state index in [0.717, 1.165) is 12.1 Å². The summed E-state index contributed by atoms with van der Waals surface area (Å²) in [5.41, 5.74) is 2.86. The molecule has 116 valence electrons. The predicted molar refractivity (Wildman–Crippen MR) is 89.7 cm³/mol. The lowest BCUT2D eigenvalue weighted by molar-refractivity contribution is 0.176. The third-order valence-electron chi connectivity index (χ3n) is 5.30. The summed E-state index contributed by atoms with van der Waals surface area (Å²) in [6.07, 6.45) is 8.02. The second-order valence-electron chi connectivity index (χ2n) is 7.09. The first-order chi connectivity index (χ1) is 10.2. The van der Waals surface area contributed by atoms with E-state index < -0.39 is 0 Å². The molecule has 2 heterocycles. The predicted octanol–water partition coefficient (Wildman–Crippen LogP) is 3.53. The molecule has 0 radical (unpaired) electrons. The Kier molecular flexibility index (Phi) is 4.97. The number of piperidine rings is 1. The van der Waals surface area contributed by atoms with Crippen LogP contribution in [0.2, 0.25) is 0 Å². The Morgan fingerprint density at radius 3 is 3.00 bits per heavy atom. The summed E-state index contributed by atoms with van der Waals surface area (Å²) in [6.45, 7) is 7.19. The minimum atomic E-state index is 0.623. The zero-order valence-electron chi connectivity index (χ0n) is 13.6. The van der Waals surface area contributed by atoms with Crippen molar-refractivity contribution in [2.75, 3.05) is 13.1 Å². The molecular weight excluding hydrogens is 256 g/mol. The SMILES string of the molecule is Cc1cccc(CCC(C)NC2CCN3CCCCC23)c1. The van der Waals surface area contributed by atoms with E-state index >= 15 is 0 Å². The lowest BCUT2D eigenvalue weighted by atomic mass is 9.97. The highest BCUT2D eigenvalue weighted by Crippen LogP contribution is 2.27. The second kappa shape index (κ2) is 6.93. The van der Waals surface area contributed by atoms with E-state index in [-0.39, 0.29) is 0 Å². The lowest BCUT2D eigenvalue weighted by Gasteiger charge is -2.33. The van der Waals surface area contributed by atoms with Crippen molar-refractivity contribution in [1.29, 1.82) is 0 Å². The minimum Gasteiger partial charge on any atom is -0.310 e. The number of nitrogens with one attached hydrogen (secondary N) is 1. The molecule has 2 heteroatoms. The summed E-state index contributed by atoms with van der Waals surface area (Å²) < 4.78 is 0. The van der Waals surface area contributed by atoms with Gasteiger partial charge in [-0.15, -0.1) is 0 Å². The molecule has 0 spiro atoms. The van der Waals surface area contributed by atoms with E-state index in [1.807, 2.05) is 0 Å². The first-order valence-corrected chi connectivity index (χ1v) is 8.78. The molecule has 3 rings (SSSR count). The fourth-order valence-electron chi connectivity index (χ4n) is 4.14. The summed E-state index contributed by atoms with van der Waals surface area (Å²) in [7, 11) is 0. The maximum atomic E-state index is 3.92. The molecule has 3 atom stereocenters. The molecule has 2 aliphatic rings. The van der Waals surface area contributed by atoms with Crippen molar-refractivity contribution in [2.24, 2.45) is 0 Å². The number of hydrogen-bond donors (Lipinski definition) is 1. The molecule has 0 saturated carbocycles. The fourth-order valence-corrected chi connectivity index (χ4v) is 4.14. The Morgan fingerprint density at radius 1 is 1.24 bits per heavy atom. The van der Waals surface area contributed by atoms with Gasteiger partial charge >= 0.3 is 0 Å². The molecule has 2 nitrogen and oxygen atoms in total. The van der Waals surface area contributed by atoms with Gasteiger partial charge in [0.1, 0.15) is 0 Å². The zero-order chi connectivity index (χ0) is 14.7. The summed E-state index contributed by atoms with van der Waals surface area (Å²) in [5.74, 6) is 0. The molecule has 1 aromatic carbocycles. The number of nitrogens with zero attached hydrogens (tertiary/aromatic N) is 1. The highest BCUT2D eigenvalue weighted by atomic mass is 15.2. The summed E-state index contributed by atoms with van der Waals surface area (Å²) in [5, 5.41) is 3.92. The van der Waals surface area contributed by atoms with Gasteiger partial charge in [0.05, 0.1) is 0 Å². The quantitative estimate of drug-likeness (QED) is 0.891. The van der Waals surface area contributed by atoms with Gasteiger partial charge in [-0.25, -0.2) is 0 Å². The molecule has 2 aliphatic heterocycles. The van der Waals surface area contributed by atoms with Gasteiger partial charge < -0.3 is 5.32 Å². The van der Waals surface area contributed by atoms with Gasteiger partial charge in [-0.2, -0.15) is 0 Å². The van der Waals surface area contributed by atoms with Crippen LogP contribution in [0.3, 0.4) is 0 Å². The molecule has 0 aromatic heterocycles. The van der Waals surface area contributed by atoms with E-state index in [9.17, 15) is 0 Å². The maximum absolute atomic E-state index is 3.92. The lowest BCUT2D eigenvalue weighted by Crippen LogP contribution is -2.47. The Hall–Kier alpha value is -0.860. The number of benzene rings is 1. The van der Waals surface area contributed by atoms with Crippen LogP contribution in [-0.2, 0) is 6.42 Å². The van der Waals surface area contributed by atoms with Crippen molar-refractivity contribution in [1.82, 2.24) is 10.2 Å². The largest absolute Gasteiger partial charge is 0.310 e. The Balaban J connectivity index is 1.47. The number of rotatable bonds is 5. The van der Waals surface area contributed by atoms with Gasteiger partial charge in [0, 0.05) is 24.7 Å². The Labute approximate surface area is 129 Å². The van der Waals surface area contributed by atoms with Crippen LogP contribution in [0, 0.1) is 6.92 Å². The van der Waals surface area contributed by atoms with Crippen molar-refractivity contribution in [2.45, 2.75) is 70.5 Å². The molecule has 21 heavy (non-hydrogen) atoms. The van der Waals surface area contributed by atoms with E-state index in [2.05, 4.69) is 48.3 Å². The zero-order valence-corrected chi connectivity index (χ0v) is 13.6. The van der Waals surface area contributed by atoms with Crippen LogP contribution in [0.1, 0.15) is 50.2 Å². The van der Waals surface area contributed by atoms with Gasteiger partial charge in [-0.05, 0) is 58.1 Å². The van der Waals surface area contributed by atoms with Gasteiger partial charge in [0.15, 0.2) is 0 Å². The minimum absolute atomic E-state index is 0.623. The summed E-state index contributed by atoms with van der Waals surface area (Å²) in [6, 6.07) is 11.1. The molecule has 0 amide bonds. The van der Waals surface area contributed by atoms with Crippen LogP contribution in [0.4, 0.5) is 0 Å². The summed E-state index contributed by atoms with van der Waals surface area (Å²) in [4.78, 5) is 2.72. The van der Waals surface area contributed by atoms with Gasteiger partial charge in [0.2, 0.25) is 0 Å². The van der Waals surface area contributed by atoms with Crippen molar-refractivity contribution in [3.8, 4) is 0 Å². The van der Waals surface area contributed by atoms with Crippen LogP contribution >= 0.6 is 0 Å². The average Bonchev–Trinajstić information content (AvgIpc) is 2.89. The van der Waals surface area contributed by atoms with E-state index in [0.29, 0.717) is 6.04 Å². The van der Waals surface area contributed by atoms with Crippen molar-refractivity contribution in [3.05, 3.63) is 35.4 Å². The van der Waals surface area contributed by atoms with E-state index in [1.165, 1.54) is 62.7 Å². The topological polar surface area (TPSA) is 15.3 Å². The second-order valence-corrected chi connectivity index (χ2v) is 7.09. The van der Waals surface area contributed by atoms with E-state index in [4.69, 9.17) is 0 Å². The monoisotopic (exact) mass is 286 g/mol. The van der Waals surface area contributed by atoms with Crippen LogP contribution in [0.5, 0.6) is 0 Å². The molecule has 0 aliphatic carbocycles. The van der Waals surface area contributed by atoms with Crippen LogP contribution in [-0.4, -0.2) is 36.1 Å². The highest BCUT2D eigenvalue weighted by molar-refractivity contribution is 5.22. The first-order valence-electron chi connectivity index (χ1n) is 8.78. The molecule has 0 bridgehead atoms. The van der Waals surface area contributed by atoms with Gasteiger partial charge in [0.25, 0.3) is 0 Å². The van der Waals surface area contributed by atoms with Crippen LogP contribution < -0.4 is 5.32 Å². The van der Waals surface area contributed by atoms with E-state index in [1.54, 1.807) is 0 Å². The molecule has 2 saturated heterocycles. The van der Waals surface area contributed by atoms with Crippen LogP contribution in [0.25, 0.3) is 0 Å². The van der Waals surface area contributed by atoms with Gasteiger partial charge in [-0.1, -0.05) is 36.2 Å². The number of aryl methyl sites for hydroxylation is 2. The Bertz CT molecular complexity index is 457. The summed E-state index contributed by atoms with van der Waals surface area (Å²) >= 11 is 0. The third-order valence-corrected chi connectivity index (χ3v) is 5.30. The normalized spacial score (nSPS) is 27.5. The average molecular weight is 286 g/mol. The molecule has 2 fully saturated rings. The number of fused-ring (bicyclic) bond motifs is 1.